The van der Waals surface area contributed by atoms with E-state index in [2.05, 4.69) is 11.0 Å². The second kappa shape index (κ2) is 5.74. The molecule has 5 heteroatoms. The molecule has 0 aliphatic carbocycles. The molecule has 2 aliphatic rings. The first-order valence-electron chi connectivity index (χ1n) is 7.30. The molecular formula is C16H19N3O2. The molecule has 1 aromatic rings. The van der Waals surface area contributed by atoms with Gasteiger partial charge in [-0.25, -0.2) is 0 Å². The summed E-state index contributed by atoms with van der Waals surface area (Å²) in [5, 5.41) is 9.04. The van der Waals surface area contributed by atoms with Crippen LogP contribution < -0.4 is 4.74 Å². The predicted molar refractivity (Wildman–Crippen MR) is 77.7 cm³/mol. The fraction of sp³-hybridized carbons (Fsp3) is 0.500. The van der Waals surface area contributed by atoms with E-state index in [1.807, 2.05) is 17.0 Å². The minimum atomic E-state index is 0.295. The molecule has 2 fully saturated rings. The Balaban J connectivity index is 1.72. The van der Waals surface area contributed by atoms with Gasteiger partial charge >= 0.3 is 0 Å². The number of hydrogen-bond donors (Lipinski definition) is 0. The molecule has 1 aromatic carbocycles. The predicted octanol–water partition coefficient (Wildman–Crippen LogP) is 1.37. The van der Waals surface area contributed by atoms with Crippen molar-refractivity contribution in [1.82, 2.24) is 9.80 Å². The van der Waals surface area contributed by atoms with Gasteiger partial charge in [-0.3, -0.25) is 9.69 Å². The van der Waals surface area contributed by atoms with Crippen molar-refractivity contribution in [2.24, 2.45) is 0 Å². The number of carbonyl (C=O) groups excluding carboxylic acids is 1. The second-order valence-corrected chi connectivity index (χ2v) is 5.65. The molecule has 0 bridgehead atoms. The van der Waals surface area contributed by atoms with Gasteiger partial charge in [0.15, 0.2) is 0 Å². The molecule has 1 atom stereocenters. The number of rotatable bonds is 3. The molecule has 3 rings (SSSR count). The van der Waals surface area contributed by atoms with Crippen LogP contribution in [0.1, 0.15) is 24.0 Å². The highest BCUT2D eigenvalue weighted by atomic mass is 16.5. The Bertz CT molecular complexity index is 594. The molecular weight excluding hydrogens is 266 g/mol. The monoisotopic (exact) mass is 285 g/mol. The summed E-state index contributed by atoms with van der Waals surface area (Å²) in [4.78, 5) is 16.1. The van der Waals surface area contributed by atoms with Gasteiger partial charge in [0.05, 0.1) is 18.7 Å². The zero-order valence-corrected chi connectivity index (χ0v) is 12.2. The van der Waals surface area contributed by atoms with Crippen molar-refractivity contribution >= 4 is 5.91 Å². The zero-order valence-electron chi connectivity index (χ0n) is 12.2. The Morgan fingerprint density at radius 3 is 3.05 bits per heavy atom. The molecule has 0 saturated carbocycles. The smallest absolute Gasteiger partial charge is 0.222 e. The first kappa shape index (κ1) is 13.9. The van der Waals surface area contributed by atoms with Crippen LogP contribution in [0.2, 0.25) is 0 Å². The third-order valence-corrected chi connectivity index (χ3v) is 4.38. The van der Waals surface area contributed by atoms with Gasteiger partial charge in [-0.2, -0.15) is 5.26 Å². The molecule has 2 aliphatic heterocycles. The van der Waals surface area contributed by atoms with Crippen molar-refractivity contribution in [3.05, 3.63) is 29.3 Å². The Labute approximate surface area is 124 Å². The minimum Gasteiger partial charge on any atom is -0.496 e. The molecule has 0 aromatic heterocycles. The maximum Gasteiger partial charge on any atom is 0.222 e. The van der Waals surface area contributed by atoms with Crippen molar-refractivity contribution in [3.63, 3.8) is 0 Å². The number of nitriles is 1. The van der Waals surface area contributed by atoms with E-state index in [0.29, 0.717) is 23.9 Å². The second-order valence-electron chi connectivity index (χ2n) is 5.65. The highest BCUT2D eigenvalue weighted by Crippen LogP contribution is 2.26. The number of piperazine rings is 1. The summed E-state index contributed by atoms with van der Waals surface area (Å²) in [6.07, 6.45) is 1.65. The SMILES string of the molecule is COc1ccc(C#N)cc1CN1CCN2C(=O)CCC2C1. The molecule has 1 unspecified atom stereocenters. The number of fused-ring (bicyclic) bond motifs is 1. The molecule has 5 nitrogen and oxygen atoms in total. The third kappa shape index (κ3) is 2.72. The maximum absolute atomic E-state index is 11.7. The van der Waals surface area contributed by atoms with E-state index in [4.69, 9.17) is 10.00 Å². The number of methoxy groups -OCH3 is 1. The Kier molecular flexibility index (Phi) is 3.80. The molecule has 21 heavy (non-hydrogen) atoms. The molecule has 1 amide bonds. The van der Waals surface area contributed by atoms with E-state index in [9.17, 15) is 4.79 Å². The number of amides is 1. The molecule has 0 radical (unpaired) electrons. The van der Waals surface area contributed by atoms with Gasteiger partial charge < -0.3 is 9.64 Å². The molecule has 110 valence electrons. The van der Waals surface area contributed by atoms with Crippen LogP contribution in [0, 0.1) is 11.3 Å². The number of ether oxygens (including phenoxy) is 1. The summed E-state index contributed by atoms with van der Waals surface area (Å²) >= 11 is 0. The first-order chi connectivity index (χ1) is 10.2. The number of carbonyl (C=O) groups is 1. The van der Waals surface area contributed by atoms with Gasteiger partial charge in [0, 0.05) is 44.2 Å². The van der Waals surface area contributed by atoms with Gasteiger partial charge in [-0.05, 0) is 24.6 Å². The van der Waals surface area contributed by atoms with Crippen molar-refractivity contribution in [2.45, 2.75) is 25.4 Å². The van der Waals surface area contributed by atoms with Crippen LogP contribution in [0.3, 0.4) is 0 Å². The summed E-state index contributed by atoms with van der Waals surface area (Å²) in [5.74, 6) is 1.11. The fourth-order valence-corrected chi connectivity index (χ4v) is 3.28. The Hall–Kier alpha value is -2.06. The first-order valence-corrected chi connectivity index (χ1v) is 7.30. The van der Waals surface area contributed by atoms with Gasteiger partial charge in [-0.1, -0.05) is 0 Å². The van der Waals surface area contributed by atoms with E-state index in [1.54, 1.807) is 13.2 Å². The normalized spacial score (nSPS) is 22.0. The van der Waals surface area contributed by atoms with Crippen molar-refractivity contribution in [3.8, 4) is 11.8 Å². The van der Waals surface area contributed by atoms with Crippen LogP contribution in [0.25, 0.3) is 0 Å². The standard InChI is InChI=1S/C16H19N3O2/c1-21-15-4-2-12(9-17)8-13(15)10-18-6-7-19-14(11-18)3-5-16(19)20/h2,4,8,14H,3,5-7,10-11H2,1H3. The van der Waals surface area contributed by atoms with Crippen LogP contribution in [-0.2, 0) is 11.3 Å². The van der Waals surface area contributed by atoms with Crippen molar-refractivity contribution in [1.29, 1.82) is 5.26 Å². The van der Waals surface area contributed by atoms with E-state index < -0.39 is 0 Å². The average Bonchev–Trinajstić information content (AvgIpc) is 2.88. The minimum absolute atomic E-state index is 0.295. The highest BCUT2D eigenvalue weighted by molar-refractivity contribution is 5.78. The number of nitrogens with zero attached hydrogens (tertiary/aromatic N) is 3. The lowest BCUT2D eigenvalue weighted by Crippen LogP contribution is -2.50. The van der Waals surface area contributed by atoms with Crippen LogP contribution >= 0.6 is 0 Å². The van der Waals surface area contributed by atoms with Crippen LogP contribution in [0.5, 0.6) is 5.75 Å². The van der Waals surface area contributed by atoms with E-state index in [-0.39, 0.29) is 0 Å². The third-order valence-electron chi connectivity index (χ3n) is 4.38. The topological polar surface area (TPSA) is 56.6 Å². The van der Waals surface area contributed by atoms with Crippen LogP contribution in [-0.4, -0.2) is 48.5 Å². The van der Waals surface area contributed by atoms with Gasteiger partial charge in [-0.15, -0.1) is 0 Å². The van der Waals surface area contributed by atoms with E-state index in [1.165, 1.54) is 0 Å². The Morgan fingerprint density at radius 2 is 2.29 bits per heavy atom. The number of hydrogen-bond acceptors (Lipinski definition) is 4. The van der Waals surface area contributed by atoms with Crippen molar-refractivity contribution < 1.29 is 9.53 Å². The lowest BCUT2D eigenvalue weighted by molar-refractivity contribution is -0.130. The largest absolute Gasteiger partial charge is 0.496 e. The van der Waals surface area contributed by atoms with Gasteiger partial charge in [0.2, 0.25) is 5.91 Å². The van der Waals surface area contributed by atoms with Gasteiger partial charge in [0.1, 0.15) is 5.75 Å². The maximum atomic E-state index is 11.7. The van der Waals surface area contributed by atoms with Crippen LogP contribution in [0.15, 0.2) is 18.2 Å². The summed E-state index contributed by atoms with van der Waals surface area (Å²) in [5.41, 5.74) is 1.69. The zero-order chi connectivity index (χ0) is 14.8. The molecule has 0 spiro atoms. The quantitative estimate of drug-likeness (QED) is 0.842. The lowest BCUT2D eigenvalue weighted by Gasteiger charge is -2.37. The lowest BCUT2D eigenvalue weighted by atomic mass is 10.1. The van der Waals surface area contributed by atoms with Crippen LogP contribution in [0.4, 0.5) is 0 Å². The number of benzene rings is 1. The highest BCUT2D eigenvalue weighted by Gasteiger charge is 2.35. The Morgan fingerprint density at radius 1 is 1.43 bits per heavy atom. The summed E-state index contributed by atoms with van der Waals surface area (Å²) in [7, 11) is 1.65. The fourth-order valence-electron chi connectivity index (χ4n) is 3.28. The summed E-state index contributed by atoms with van der Waals surface area (Å²) in [6, 6.07) is 8.05. The molecule has 2 saturated heterocycles. The van der Waals surface area contributed by atoms with E-state index >= 15 is 0 Å². The summed E-state index contributed by atoms with van der Waals surface area (Å²) in [6.45, 7) is 3.36. The molecule has 2 heterocycles. The van der Waals surface area contributed by atoms with Crippen molar-refractivity contribution in [2.75, 3.05) is 26.7 Å². The summed E-state index contributed by atoms with van der Waals surface area (Å²) < 4.78 is 5.39. The van der Waals surface area contributed by atoms with E-state index in [0.717, 1.165) is 43.9 Å². The average molecular weight is 285 g/mol. The van der Waals surface area contributed by atoms with Gasteiger partial charge in [0.25, 0.3) is 0 Å². The molecule has 0 N–H and O–H groups in total.